The summed E-state index contributed by atoms with van der Waals surface area (Å²) >= 11 is 0.799. The van der Waals surface area contributed by atoms with E-state index in [-0.39, 0.29) is 41.7 Å². The zero-order chi connectivity index (χ0) is 20.8. The molecular weight excluding hydrogens is 380 g/mol. The Morgan fingerprint density at radius 2 is 1.52 bits per heavy atom. The van der Waals surface area contributed by atoms with Gasteiger partial charge in [-0.1, -0.05) is 42.1 Å². The number of nitrogens with zero attached hydrogens (tertiary/aromatic N) is 1. The van der Waals surface area contributed by atoms with Gasteiger partial charge >= 0.3 is 11.9 Å². The molecule has 1 aliphatic heterocycles. The van der Waals surface area contributed by atoms with Crippen molar-refractivity contribution in [1.29, 1.82) is 0 Å². The summed E-state index contributed by atoms with van der Waals surface area (Å²) in [6.45, 7) is 0.231. The van der Waals surface area contributed by atoms with Crippen LogP contribution in [0.15, 0.2) is 30.3 Å². The summed E-state index contributed by atoms with van der Waals surface area (Å²) in [5.74, 6) is -3.01. The molecule has 0 radical (unpaired) electrons. The number of hydrogen-bond acceptors (Lipinski definition) is 8. The van der Waals surface area contributed by atoms with Gasteiger partial charge in [-0.2, -0.15) is 5.06 Å². The maximum atomic E-state index is 11.2. The van der Waals surface area contributed by atoms with E-state index in [9.17, 15) is 24.0 Å². The van der Waals surface area contributed by atoms with Crippen LogP contribution in [-0.2, 0) is 19.2 Å². The quantitative estimate of drug-likeness (QED) is 0.404. The van der Waals surface area contributed by atoms with E-state index in [0.717, 1.165) is 11.8 Å². The van der Waals surface area contributed by atoms with Gasteiger partial charge in [-0.25, -0.2) is 0 Å². The van der Waals surface area contributed by atoms with Crippen molar-refractivity contribution in [3.63, 3.8) is 0 Å². The molecule has 0 atom stereocenters. The second kappa shape index (κ2) is 13.4. The molecule has 1 saturated heterocycles. The van der Waals surface area contributed by atoms with Crippen LogP contribution in [0.5, 0.6) is 0 Å². The molecule has 1 aromatic carbocycles. The number of carbonyl (C=O) groups excluding carboxylic acids is 3. The van der Waals surface area contributed by atoms with Gasteiger partial charge in [0.15, 0.2) is 0 Å². The SMILES string of the molecule is NCCC(=O)O.O=C(O)CSC(=O)c1ccccc1.O=C1CCC(=O)N1O. The number of amides is 2. The number of nitrogens with two attached hydrogens (primary N) is 1. The zero-order valence-electron chi connectivity index (χ0n) is 14.2. The van der Waals surface area contributed by atoms with Crippen molar-refractivity contribution in [2.75, 3.05) is 12.3 Å². The highest BCUT2D eigenvalue weighted by molar-refractivity contribution is 8.14. The Hall–Kier alpha value is -2.76. The third-order valence-electron chi connectivity index (χ3n) is 2.72. The lowest BCUT2D eigenvalue weighted by atomic mass is 10.2. The third kappa shape index (κ3) is 11.5. The van der Waals surface area contributed by atoms with E-state index in [4.69, 9.17) is 21.2 Å². The Balaban J connectivity index is 0.000000413. The predicted molar refractivity (Wildman–Crippen MR) is 95.0 cm³/mol. The number of hydrogen-bond donors (Lipinski definition) is 4. The van der Waals surface area contributed by atoms with Gasteiger partial charge < -0.3 is 15.9 Å². The molecule has 1 aromatic rings. The molecule has 0 saturated carbocycles. The second-order valence-corrected chi connectivity index (χ2v) is 5.82. The molecule has 2 amide bonds. The van der Waals surface area contributed by atoms with Gasteiger partial charge in [-0.15, -0.1) is 0 Å². The first kappa shape index (κ1) is 24.2. The minimum absolute atomic E-state index is 0.0694. The number of benzene rings is 1. The van der Waals surface area contributed by atoms with Crippen molar-refractivity contribution in [2.45, 2.75) is 19.3 Å². The first-order chi connectivity index (χ1) is 12.7. The molecule has 2 rings (SSSR count). The van der Waals surface area contributed by atoms with Gasteiger partial charge in [-0.05, 0) is 0 Å². The van der Waals surface area contributed by atoms with E-state index >= 15 is 0 Å². The third-order valence-corrected chi connectivity index (χ3v) is 3.61. The molecule has 11 heteroatoms. The van der Waals surface area contributed by atoms with Gasteiger partial charge in [0.25, 0.3) is 11.8 Å². The lowest BCUT2D eigenvalue weighted by molar-refractivity contribution is -0.171. The number of rotatable bonds is 5. The lowest BCUT2D eigenvalue weighted by Gasteiger charge is -1.98. The van der Waals surface area contributed by atoms with Gasteiger partial charge in [0.1, 0.15) is 0 Å². The molecule has 0 bridgehead atoms. The molecule has 5 N–H and O–H groups in total. The van der Waals surface area contributed by atoms with Gasteiger partial charge in [0, 0.05) is 24.9 Å². The molecule has 0 aliphatic carbocycles. The second-order valence-electron chi connectivity index (χ2n) is 4.87. The maximum Gasteiger partial charge on any atom is 0.313 e. The molecular formula is C16H20N2O8S. The first-order valence-corrected chi connectivity index (χ1v) is 8.58. The van der Waals surface area contributed by atoms with Crippen LogP contribution in [0.25, 0.3) is 0 Å². The summed E-state index contributed by atoms with van der Waals surface area (Å²) in [6.07, 6.45) is 0.366. The van der Waals surface area contributed by atoms with Crippen molar-refractivity contribution >= 4 is 40.6 Å². The van der Waals surface area contributed by atoms with Crippen LogP contribution in [-0.4, -0.2) is 61.6 Å². The Morgan fingerprint density at radius 1 is 1.00 bits per heavy atom. The average molecular weight is 400 g/mol. The molecule has 1 heterocycles. The Labute approximate surface area is 158 Å². The molecule has 0 spiro atoms. The van der Waals surface area contributed by atoms with Crippen LogP contribution in [0.4, 0.5) is 0 Å². The predicted octanol–water partition coefficient (Wildman–Crippen LogP) is 0.589. The topological polar surface area (TPSA) is 175 Å². The summed E-state index contributed by atoms with van der Waals surface area (Å²) in [4.78, 5) is 51.4. The van der Waals surface area contributed by atoms with E-state index < -0.39 is 23.8 Å². The first-order valence-electron chi connectivity index (χ1n) is 7.59. The lowest BCUT2D eigenvalue weighted by Crippen LogP contribution is -2.24. The summed E-state index contributed by atoms with van der Waals surface area (Å²) < 4.78 is 0. The fraction of sp³-hybridized carbons (Fsp3) is 0.312. The summed E-state index contributed by atoms with van der Waals surface area (Å²) in [5.41, 5.74) is 5.38. The van der Waals surface area contributed by atoms with Gasteiger partial charge in [-0.3, -0.25) is 29.2 Å². The van der Waals surface area contributed by atoms with Crippen LogP contribution < -0.4 is 5.73 Å². The van der Waals surface area contributed by atoms with E-state index in [0.29, 0.717) is 5.56 Å². The largest absolute Gasteiger partial charge is 0.481 e. The number of carboxylic acids is 2. The number of carboxylic acid groups (broad SMARTS) is 2. The van der Waals surface area contributed by atoms with Crippen LogP contribution >= 0.6 is 11.8 Å². The van der Waals surface area contributed by atoms with Crippen molar-refractivity contribution in [3.05, 3.63) is 35.9 Å². The maximum absolute atomic E-state index is 11.2. The Morgan fingerprint density at radius 3 is 1.81 bits per heavy atom. The van der Waals surface area contributed by atoms with Crippen molar-refractivity contribution < 1.29 is 39.4 Å². The molecule has 0 unspecified atom stereocenters. The van der Waals surface area contributed by atoms with Crippen molar-refractivity contribution in [3.8, 4) is 0 Å². The average Bonchev–Trinajstić information content (AvgIpc) is 2.92. The fourth-order valence-corrected chi connectivity index (χ4v) is 2.03. The van der Waals surface area contributed by atoms with Crippen LogP contribution in [0.2, 0.25) is 0 Å². The number of aliphatic carboxylic acids is 2. The highest BCUT2D eigenvalue weighted by Crippen LogP contribution is 2.11. The van der Waals surface area contributed by atoms with Crippen molar-refractivity contribution in [1.82, 2.24) is 5.06 Å². The van der Waals surface area contributed by atoms with Crippen LogP contribution in [0.3, 0.4) is 0 Å². The van der Waals surface area contributed by atoms with Gasteiger partial charge in [0.05, 0.1) is 12.2 Å². The van der Waals surface area contributed by atoms with Crippen molar-refractivity contribution in [2.24, 2.45) is 5.73 Å². The molecule has 0 aromatic heterocycles. The van der Waals surface area contributed by atoms with Gasteiger partial charge in [0.2, 0.25) is 5.12 Å². The minimum Gasteiger partial charge on any atom is -0.481 e. The fourth-order valence-electron chi connectivity index (χ4n) is 1.47. The summed E-state index contributed by atoms with van der Waals surface area (Å²) in [7, 11) is 0. The van der Waals surface area contributed by atoms with E-state index in [1.807, 2.05) is 0 Å². The molecule has 148 valence electrons. The normalized spacial score (nSPS) is 12.4. The summed E-state index contributed by atoms with van der Waals surface area (Å²) in [6, 6.07) is 8.62. The van der Waals surface area contributed by atoms with Crippen LogP contribution in [0.1, 0.15) is 29.6 Å². The monoisotopic (exact) mass is 400 g/mol. The van der Waals surface area contributed by atoms with E-state index in [1.165, 1.54) is 0 Å². The standard InChI is InChI=1S/C9H8O3S.C4H5NO3.C3H7NO2/c10-8(11)6-13-9(12)7-4-2-1-3-5-7;6-3-1-2-4(7)5(3)8;4-2-1-3(5)6/h1-5H,6H2,(H,10,11);8H,1-2H2;1-2,4H2,(H,5,6). The smallest absolute Gasteiger partial charge is 0.313 e. The highest BCUT2D eigenvalue weighted by Gasteiger charge is 2.26. The van der Waals surface area contributed by atoms with Crippen LogP contribution in [0, 0.1) is 0 Å². The zero-order valence-corrected chi connectivity index (χ0v) is 15.1. The molecule has 1 aliphatic rings. The highest BCUT2D eigenvalue weighted by atomic mass is 32.2. The Bertz CT molecular complexity index is 650. The molecule has 1 fully saturated rings. The van der Waals surface area contributed by atoms with E-state index in [1.54, 1.807) is 30.3 Å². The number of thioether (sulfide) groups is 1. The molecule has 10 nitrogen and oxygen atoms in total. The molecule has 27 heavy (non-hydrogen) atoms. The summed E-state index contributed by atoms with van der Waals surface area (Å²) in [5, 5.41) is 24.5. The Kier molecular flexibility index (Phi) is 12.1. The minimum atomic E-state index is -0.978. The number of carbonyl (C=O) groups is 5. The number of hydroxylamine groups is 2. The number of imide groups is 1. The van der Waals surface area contributed by atoms with E-state index in [2.05, 4.69) is 0 Å².